The molecule has 0 saturated carbocycles. The first-order valence-corrected chi connectivity index (χ1v) is 13.5. The van der Waals surface area contributed by atoms with Gasteiger partial charge < -0.3 is 28.8 Å². The Hall–Kier alpha value is -5.43. The number of alkyl halides is 1. The van der Waals surface area contributed by atoms with E-state index in [1.54, 1.807) is 6.07 Å². The number of anilines is 1. The minimum atomic E-state index is -0.995. The summed E-state index contributed by atoms with van der Waals surface area (Å²) in [6, 6.07) is 11.7. The van der Waals surface area contributed by atoms with Gasteiger partial charge in [0, 0.05) is 50.4 Å². The fraction of sp³-hybridized carbons (Fsp3) is 0.188. The Kier molecular flexibility index (Phi) is 9.28. The van der Waals surface area contributed by atoms with E-state index < -0.39 is 29.6 Å². The van der Waals surface area contributed by atoms with Crippen molar-refractivity contribution in [3.8, 4) is 34.3 Å². The Balaban J connectivity index is 1.41. The van der Waals surface area contributed by atoms with Gasteiger partial charge in [0.15, 0.2) is 23.1 Å². The minimum absolute atomic E-state index is 0.0148. The Morgan fingerprint density at radius 2 is 1.76 bits per heavy atom. The summed E-state index contributed by atoms with van der Waals surface area (Å²) >= 11 is 0. The molecule has 0 spiro atoms. The van der Waals surface area contributed by atoms with E-state index >= 15 is 4.39 Å². The SMILES string of the molecule is COCCOc1nc2c(Oc3ccc(NC(=O)c4cn(C)c(CF)c(-c5ccc(F)cc5)c4=O)cc3F)ccnc2cc1OC. The highest BCUT2D eigenvalue weighted by atomic mass is 19.1. The number of rotatable bonds is 11. The van der Waals surface area contributed by atoms with Crippen LogP contribution in [-0.4, -0.2) is 47.9 Å². The van der Waals surface area contributed by atoms with E-state index in [-0.39, 0.29) is 57.6 Å². The van der Waals surface area contributed by atoms with Crippen molar-refractivity contribution in [3.05, 3.63) is 100 Å². The monoisotopic (exact) mass is 620 g/mol. The van der Waals surface area contributed by atoms with E-state index in [1.165, 1.54) is 68.6 Å². The summed E-state index contributed by atoms with van der Waals surface area (Å²) in [5.41, 5.74) is -0.169. The Bertz CT molecular complexity index is 1930. The number of fused-ring (bicyclic) bond motifs is 1. The van der Waals surface area contributed by atoms with Crippen LogP contribution in [0.1, 0.15) is 16.1 Å². The van der Waals surface area contributed by atoms with Gasteiger partial charge in [-0.2, -0.15) is 0 Å². The number of nitrogens with zero attached hydrogens (tertiary/aromatic N) is 3. The first-order valence-electron chi connectivity index (χ1n) is 13.5. The normalized spacial score (nSPS) is 11.0. The predicted molar refractivity (Wildman–Crippen MR) is 160 cm³/mol. The lowest BCUT2D eigenvalue weighted by Crippen LogP contribution is -2.26. The zero-order valence-corrected chi connectivity index (χ0v) is 24.4. The first kappa shape index (κ1) is 31.0. The maximum atomic E-state index is 15.2. The summed E-state index contributed by atoms with van der Waals surface area (Å²) in [6.45, 7) is -0.464. The summed E-state index contributed by atoms with van der Waals surface area (Å²) in [7, 11) is 4.48. The van der Waals surface area contributed by atoms with Gasteiger partial charge in [-0.25, -0.2) is 18.2 Å². The van der Waals surface area contributed by atoms with Gasteiger partial charge in [0.1, 0.15) is 30.2 Å². The average molecular weight is 621 g/mol. The highest BCUT2D eigenvalue weighted by Gasteiger charge is 2.21. The van der Waals surface area contributed by atoms with Crippen LogP contribution in [0.15, 0.2) is 71.8 Å². The second-order valence-electron chi connectivity index (χ2n) is 9.66. The predicted octanol–water partition coefficient (Wildman–Crippen LogP) is 5.82. The summed E-state index contributed by atoms with van der Waals surface area (Å²) in [5, 5.41) is 2.49. The number of amides is 1. The van der Waals surface area contributed by atoms with Gasteiger partial charge >= 0.3 is 0 Å². The molecule has 0 aliphatic carbocycles. The molecule has 0 fully saturated rings. The van der Waals surface area contributed by atoms with Crippen molar-refractivity contribution in [1.82, 2.24) is 14.5 Å². The molecule has 0 atom stereocenters. The van der Waals surface area contributed by atoms with E-state index in [0.29, 0.717) is 17.9 Å². The summed E-state index contributed by atoms with van der Waals surface area (Å²) in [4.78, 5) is 35.2. The average Bonchev–Trinajstić information content (AvgIpc) is 3.03. The lowest BCUT2D eigenvalue weighted by atomic mass is 10.0. The third kappa shape index (κ3) is 6.58. The molecule has 0 unspecified atom stereocenters. The van der Waals surface area contributed by atoms with Crippen LogP contribution in [0, 0.1) is 11.6 Å². The second kappa shape index (κ2) is 13.5. The molecule has 0 radical (unpaired) electrons. The van der Waals surface area contributed by atoms with Gasteiger partial charge in [-0.15, -0.1) is 0 Å². The molecule has 5 rings (SSSR count). The number of aryl methyl sites for hydroxylation is 1. The zero-order valence-electron chi connectivity index (χ0n) is 24.4. The van der Waals surface area contributed by atoms with Crippen molar-refractivity contribution in [1.29, 1.82) is 0 Å². The van der Waals surface area contributed by atoms with Crippen molar-refractivity contribution in [3.63, 3.8) is 0 Å². The number of hydrogen-bond donors (Lipinski definition) is 1. The first-order chi connectivity index (χ1) is 21.7. The quantitative estimate of drug-likeness (QED) is 0.184. The van der Waals surface area contributed by atoms with Gasteiger partial charge in [-0.1, -0.05) is 12.1 Å². The van der Waals surface area contributed by atoms with Crippen molar-refractivity contribution >= 4 is 22.6 Å². The topological polar surface area (TPSA) is 114 Å². The lowest BCUT2D eigenvalue weighted by molar-refractivity contribution is 0.102. The third-order valence-electron chi connectivity index (χ3n) is 6.78. The molecule has 0 saturated heterocycles. The summed E-state index contributed by atoms with van der Waals surface area (Å²) in [5.74, 6) is -1.69. The number of nitrogens with one attached hydrogen (secondary N) is 1. The molecule has 0 bridgehead atoms. The summed E-state index contributed by atoms with van der Waals surface area (Å²) in [6.07, 6.45) is 2.66. The molecule has 1 amide bonds. The van der Waals surface area contributed by atoms with Gasteiger partial charge in [0.25, 0.3) is 11.8 Å². The Labute approximate surface area is 255 Å². The molecule has 0 aliphatic heterocycles. The number of carbonyl (C=O) groups excluding carboxylic acids is 1. The Morgan fingerprint density at radius 3 is 2.44 bits per heavy atom. The van der Waals surface area contributed by atoms with Crippen LogP contribution in [0.5, 0.6) is 23.1 Å². The van der Waals surface area contributed by atoms with Crippen LogP contribution in [0.4, 0.5) is 18.9 Å². The highest BCUT2D eigenvalue weighted by molar-refractivity contribution is 6.04. The van der Waals surface area contributed by atoms with Crippen LogP contribution < -0.4 is 25.0 Å². The molecule has 45 heavy (non-hydrogen) atoms. The number of aromatic nitrogens is 3. The molecule has 3 heterocycles. The van der Waals surface area contributed by atoms with Gasteiger partial charge in [-0.05, 0) is 29.8 Å². The van der Waals surface area contributed by atoms with Crippen molar-refractivity contribution < 1.29 is 36.9 Å². The van der Waals surface area contributed by atoms with E-state index in [2.05, 4.69) is 15.3 Å². The third-order valence-corrected chi connectivity index (χ3v) is 6.78. The van der Waals surface area contributed by atoms with Crippen LogP contribution >= 0.6 is 0 Å². The fourth-order valence-electron chi connectivity index (χ4n) is 4.55. The molecule has 5 aromatic rings. The second-order valence-corrected chi connectivity index (χ2v) is 9.66. The largest absolute Gasteiger partial charge is 0.491 e. The maximum Gasteiger partial charge on any atom is 0.261 e. The highest BCUT2D eigenvalue weighted by Crippen LogP contribution is 2.35. The van der Waals surface area contributed by atoms with Gasteiger partial charge in [0.05, 0.1) is 30.5 Å². The van der Waals surface area contributed by atoms with Crippen LogP contribution in [0.25, 0.3) is 22.2 Å². The number of pyridine rings is 3. The molecular weight excluding hydrogens is 593 g/mol. The molecule has 1 N–H and O–H groups in total. The van der Waals surface area contributed by atoms with Crippen molar-refractivity contribution in [2.45, 2.75) is 6.67 Å². The molecule has 10 nitrogen and oxygen atoms in total. The van der Waals surface area contributed by atoms with E-state index in [4.69, 9.17) is 18.9 Å². The fourth-order valence-corrected chi connectivity index (χ4v) is 4.55. The molecule has 3 aromatic heterocycles. The number of methoxy groups -OCH3 is 2. The molecule has 2 aromatic carbocycles. The molecular formula is C32H27F3N4O6. The van der Waals surface area contributed by atoms with Crippen LogP contribution in [0.2, 0.25) is 0 Å². The zero-order chi connectivity index (χ0) is 32.1. The standard InChI is InChI=1S/C32H27F3N4O6/c1-39-17-21(30(40)28(24(39)16-33)18-4-6-19(34)7-5-18)31(41)37-20-8-9-25(22(35)14-20)45-26-10-11-36-23-15-27(43-3)32(38-29(23)26)44-13-12-42-2/h4-11,14-15,17H,12-13,16H2,1-3H3,(H,37,41). The lowest BCUT2D eigenvalue weighted by Gasteiger charge is -2.15. The van der Waals surface area contributed by atoms with Crippen LogP contribution in [-0.2, 0) is 18.5 Å². The van der Waals surface area contributed by atoms with E-state index in [1.807, 2.05) is 0 Å². The van der Waals surface area contributed by atoms with E-state index in [0.717, 1.165) is 18.2 Å². The molecule has 13 heteroatoms. The number of benzene rings is 2. The minimum Gasteiger partial charge on any atom is -0.491 e. The van der Waals surface area contributed by atoms with Crippen LogP contribution in [0.3, 0.4) is 0 Å². The van der Waals surface area contributed by atoms with Gasteiger partial charge in [0.2, 0.25) is 5.43 Å². The number of ether oxygens (including phenoxy) is 4. The molecule has 0 aliphatic rings. The number of halogens is 3. The van der Waals surface area contributed by atoms with Crippen molar-refractivity contribution in [2.24, 2.45) is 7.05 Å². The van der Waals surface area contributed by atoms with Gasteiger partial charge in [-0.3, -0.25) is 14.6 Å². The smallest absolute Gasteiger partial charge is 0.261 e. The number of hydrogen-bond acceptors (Lipinski definition) is 8. The summed E-state index contributed by atoms with van der Waals surface area (Å²) < 4.78 is 65.8. The van der Waals surface area contributed by atoms with E-state index in [9.17, 15) is 18.4 Å². The molecule has 232 valence electrons. The number of carbonyl (C=O) groups is 1. The van der Waals surface area contributed by atoms with Crippen molar-refractivity contribution in [2.75, 3.05) is 32.8 Å². The Morgan fingerprint density at radius 1 is 0.978 bits per heavy atom. The maximum absolute atomic E-state index is 15.2.